The van der Waals surface area contributed by atoms with Gasteiger partial charge in [0.1, 0.15) is 10.8 Å². The second-order valence-corrected chi connectivity index (χ2v) is 10.5. The van der Waals surface area contributed by atoms with Gasteiger partial charge in [0.2, 0.25) is 5.95 Å². The van der Waals surface area contributed by atoms with E-state index >= 15 is 0 Å². The maximum Gasteiger partial charge on any atom is 0.339 e. The Balaban J connectivity index is 1.26. The van der Waals surface area contributed by atoms with Crippen LogP contribution >= 0.6 is 11.6 Å². The number of hydrogen-bond acceptors (Lipinski definition) is 10. The van der Waals surface area contributed by atoms with Crippen LogP contribution in [0.15, 0.2) is 48.7 Å². The zero-order valence-electron chi connectivity index (χ0n) is 23.2. The van der Waals surface area contributed by atoms with Gasteiger partial charge in [-0.05, 0) is 44.2 Å². The standard InChI is InChI=1S/C29H36ClN7O3/c1-35-14-16-37(17-15-35)20-10-12-36(13-11-20)21-8-9-25(26(18-21)39-2)33-29-31-19-23(30)27(34-29)32-24-7-5-4-6-22(24)28(38)40-3/h4-9,18-20H,10-17H2,1-3H3,(H2,31,32,33,34). The van der Waals surface area contributed by atoms with E-state index < -0.39 is 5.97 Å². The molecule has 3 heterocycles. The number of ether oxygens (including phenoxy) is 2. The molecule has 40 heavy (non-hydrogen) atoms. The molecule has 0 aliphatic carbocycles. The Kier molecular flexibility index (Phi) is 8.88. The minimum absolute atomic E-state index is 0.313. The minimum atomic E-state index is -0.458. The van der Waals surface area contributed by atoms with Crippen molar-refractivity contribution in [2.45, 2.75) is 18.9 Å². The molecule has 0 bridgehead atoms. The van der Waals surface area contributed by atoms with Crippen molar-refractivity contribution in [3.63, 3.8) is 0 Å². The van der Waals surface area contributed by atoms with Gasteiger partial charge in [-0.25, -0.2) is 9.78 Å². The fraction of sp³-hybridized carbons (Fsp3) is 0.414. The van der Waals surface area contributed by atoms with Crippen molar-refractivity contribution >= 4 is 46.4 Å². The Morgan fingerprint density at radius 3 is 2.45 bits per heavy atom. The van der Waals surface area contributed by atoms with Gasteiger partial charge in [-0.2, -0.15) is 4.98 Å². The Hall–Kier alpha value is -3.60. The minimum Gasteiger partial charge on any atom is -0.494 e. The number of halogens is 1. The van der Waals surface area contributed by atoms with Crippen LogP contribution in [-0.4, -0.2) is 92.3 Å². The summed E-state index contributed by atoms with van der Waals surface area (Å²) < 4.78 is 10.6. The lowest BCUT2D eigenvalue weighted by Gasteiger charge is -2.42. The Morgan fingerprint density at radius 1 is 0.975 bits per heavy atom. The van der Waals surface area contributed by atoms with E-state index in [-0.39, 0.29) is 0 Å². The molecule has 212 valence electrons. The van der Waals surface area contributed by atoms with Gasteiger partial charge in [-0.3, -0.25) is 4.90 Å². The van der Waals surface area contributed by atoms with Crippen LogP contribution in [0, 0.1) is 0 Å². The number of aromatic nitrogens is 2. The number of para-hydroxylation sites is 1. The number of rotatable bonds is 8. The number of benzene rings is 2. The van der Waals surface area contributed by atoms with Gasteiger partial charge in [0.25, 0.3) is 0 Å². The summed E-state index contributed by atoms with van der Waals surface area (Å²) in [7, 11) is 5.20. The van der Waals surface area contributed by atoms with E-state index in [4.69, 9.17) is 21.1 Å². The molecular weight excluding hydrogens is 530 g/mol. The van der Waals surface area contributed by atoms with Crippen LogP contribution in [0.2, 0.25) is 5.02 Å². The second-order valence-electron chi connectivity index (χ2n) is 10.1. The average molecular weight is 566 g/mol. The first kappa shape index (κ1) is 27.9. The Bertz CT molecular complexity index is 1320. The van der Waals surface area contributed by atoms with E-state index in [0.717, 1.165) is 50.6 Å². The average Bonchev–Trinajstić information content (AvgIpc) is 2.99. The molecule has 5 rings (SSSR count). The lowest BCUT2D eigenvalue weighted by atomic mass is 10.0. The van der Waals surface area contributed by atoms with Crippen molar-refractivity contribution in [1.29, 1.82) is 0 Å². The highest BCUT2D eigenvalue weighted by Gasteiger charge is 2.27. The fourth-order valence-electron chi connectivity index (χ4n) is 5.30. The molecule has 2 aliphatic rings. The molecule has 2 saturated heterocycles. The molecule has 0 unspecified atom stereocenters. The van der Waals surface area contributed by atoms with E-state index in [1.54, 1.807) is 25.3 Å². The van der Waals surface area contributed by atoms with Crippen LogP contribution in [0.3, 0.4) is 0 Å². The van der Waals surface area contributed by atoms with E-state index in [1.165, 1.54) is 26.1 Å². The third kappa shape index (κ3) is 6.41. The molecule has 3 aromatic rings. The van der Waals surface area contributed by atoms with Crippen LogP contribution in [0.5, 0.6) is 5.75 Å². The quantitative estimate of drug-likeness (QED) is 0.376. The number of nitrogens with one attached hydrogen (secondary N) is 2. The first-order chi connectivity index (χ1) is 19.4. The number of hydrogen-bond donors (Lipinski definition) is 2. The van der Waals surface area contributed by atoms with Crippen LogP contribution in [0.25, 0.3) is 0 Å². The number of esters is 1. The molecule has 11 heteroatoms. The molecule has 1 aromatic heterocycles. The van der Waals surface area contributed by atoms with Crippen molar-refractivity contribution in [2.75, 3.05) is 76.1 Å². The second kappa shape index (κ2) is 12.7. The molecule has 0 amide bonds. The van der Waals surface area contributed by atoms with E-state index in [1.807, 2.05) is 12.1 Å². The van der Waals surface area contributed by atoms with E-state index in [0.29, 0.717) is 39.8 Å². The Labute approximate surface area is 240 Å². The zero-order chi connectivity index (χ0) is 28.1. The summed E-state index contributed by atoms with van der Waals surface area (Å²) in [4.78, 5) is 28.5. The summed E-state index contributed by atoms with van der Waals surface area (Å²) in [6, 6.07) is 13.8. The largest absolute Gasteiger partial charge is 0.494 e. The number of nitrogens with zero attached hydrogens (tertiary/aromatic N) is 5. The number of methoxy groups -OCH3 is 2. The van der Waals surface area contributed by atoms with Crippen molar-refractivity contribution in [2.24, 2.45) is 0 Å². The molecule has 0 radical (unpaired) electrons. The van der Waals surface area contributed by atoms with Crippen LogP contribution in [0.4, 0.5) is 28.8 Å². The van der Waals surface area contributed by atoms with E-state index in [9.17, 15) is 4.79 Å². The van der Waals surface area contributed by atoms with Gasteiger partial charge in [0.15, 0.2) is 5.82 Å². The number of piperazine rings is 1. The SMILES string of the molecule is COC(=O)c1ccccc1Nc1nc(Nc2ccc(N3CCC(N4CCN(C)CC4)CC3)cc2OC)ncc1Cl. The van der Waals surface area contributed by atoms with Crippen molar-refractivity contribution < 1.29 is 14.3 Å². The molecule has 0 saturated carbocycles. The number of carbonyl (C=O) groups excluding carboxylic acids is 1. The summed E-state index contributed by atoms with van der Waals surface area (Å²) >= 11 is 6.38. The number of carbonyl (C=O) groups is 1. The first-order valence-corrected chi connectivity index (χ1v) is 13.9. The molecule has 2 aliphatic heterocycles. The maximum atomic E-state index is 12.2. The van der Waals surface area contributed by atoms with Crippen molar-refractivity contribution in [1.82, 2.24) is 19.8 Å². The fourth-order valence-corrected chi connectivity index (χ4v) is 5.44. The highest BCUT2D eigenvalue weighted by molar-refractivity contribution is 6.33. The van der Waals surface area contributed by atoms with Crippen LogP contribution in [-0.2, 0) is 4.74 Å². The van der Waals surface area contributed by atoms with Crippen LogP contribution in [0.1, 0.15) is 23.2 Å². The van der Waals surface area contributed by atoms with Crippen LogP contribution < -0.4 is 20.3 Å². The molecule has 2 fully saturated rings. The van der Waals surface area contributed by atoms with Gasteiger partial charge in [0, 0.05) is 57.1 Å². The topological polar surface area (TPSA) is 95.1 Å². The number of likely N-dealkylation sites (N-methyl/N-ethyl adjacent to an activating group) is 1. The van der Waals surface area contributed by atoms with Gasteiger partial charge >= 0.3 is 5.97 Å². The number of anilines is 5. The molecule has 0 atom stereocenters. The van der Waals surface area contributed by atoms with Crippen molar-refractivity contribution in [3.8, 4) is 5.75 Å². The summed E-state index contributed by atoms with van der Waals surface area (Å²) in [5, 5.41) is 6.68. The molecule has 0 spiro atoms. The highest BCUT2D eigenvalue weighted by atomic mass is 35.5. The number of piperidine rings is 1. The lowest BCUT2D eigenvalue weighted by Crippen LogP contribution is -2.52. The van der Waals surface area contributed by atoms with Gasteiger partial charge in [-0.15, -0.1) is 0 Å². The zero-order valence-corrected chi connectivity index (χ0v) is 23.9. The molecule has 2 aromatic carbocycles. The normalized spacial score (nSPS) is 16.9. The summed E-state index contributed by atoms with van der Waals surface area (Å²) in [6.07, 6.45) is 3.84. The third-order valence-electron chi connectivity index (χ3n) is 7.65. The van der Waals surface area contributed by atoms with Gasteiger partial charge in [0.05, 0.1) is 37.4 Å². The summed E-state index contributed by atoms with van der Waals surface area (Å²) in [5.41, 5.74) is 2.78. The predicted octanol–water partition coefficient (Wildman–Crippen LogP) is 4.63. The lowest BCUT2D eigenvalue weighted by molar-refractivity contribution is 0.0602. The maximum absolute atomic E-state index is 12.2. The van der Waals surface area contributed by atoms with E-state index in [2.05, 4.69) is 54.5 Å². The molecule has 2 N–H and O–H groups in total. The molecular formula is C29H36ClN7O3. The highest BCUT2D eigenvalue weighted by Crippen LogP contribution is 2.34. The first-order valence-electron chi connectivity index (χ1n) is 13.5. The summed E-state index contributed by atoms with van der Waals surface area (Å²) in [6.45, 7) is 6.68. The third-order valence-corrected chi connectivity index (χ3v) is 7.92. The van der Waals surface area contributed by atoms with Gasteiger partial charge in [-0.1, -0.05) is 23.7 Å². The summed E-state index contributed by atoms with van der Waals surface area (Å²) in [5.74, 6) is 0.929. The van der Waals surface area contributed by atoms with Crippen molar-refractivity contribution in [3.05, 3.63) is 59.2 Å². The monoisotopic (exact) mass is 565 g/mol. The molecule has 10 nitrogen and oxygen atoms in total. The predicted molar refractivity (Wildman–Crippen MR) is 159 cm³/mol. The Morgan fingerprint density at radius 2 is 1.73 bits per heavy atom. The van der Waals surface area contributed by atoms with Gasteiger partial charge < -0.3 is 29.9 Å². The smallest absolute Gasteiger partial charge is 0.339 e.